The average Bonchev–Trinajstić information content (AvgIpc) is 3.32. The van der Waals surface area contributed by atoms with Crippen molar-refractivity contribution in [2.24, 2.45) is 14.1 Å². The van der Waals surface area contributed by atoms with Crippen LogP contribution in [0, 0.1) is 0 Å². The van der Waals surface area contributed by atoms with Crippen molar-refractivity contribution in [2.45, 2.75) is 50.5 Å². The summed E-state index contributed by atoms with van der Waals surface area (Å²) in [7, 11) is 3.36. The summed E-state index contributed by atoms with van der Waals surface area (Å²) in [5.74, 6) is 0.813. The van der Waals surface area contributed by atoms with Crippen molar-refractivity contribution in [3.05, 3.63) is 50.6 Å². The lowest BCUT2D eigenvalue weighted by Gasteiger charge is -2.32. The molecule has 8 heteroatoms. The molecule has 0 aromatic carbocycles. The second-order valence-corrected chi connectivity index (χ2v) is 7.98. The van der Waals surface area contributed by atoms with Crippen LogP contribution in [-0.2, 0) is 14.1 Å². The molecule has 2 aliphatic rings. The van der Waals surface area contributed by atoms with Gasteiger partial charge in [-0.15, -0.1) is 0 Å². The van der Waals surface area contributed by atoms with Gasteiger partial charge in [0.25, 0.3) is 11.5 Å². The lowest BCUT2D eigenvalue weighted by molar-refractivity contribution is 0.0707. The minimum atomic E-state index is -0.269. The Morgan fingerprint density at radius 1 is 1.07 bits per heavy atom. The minimum Gasteiger partial charge on any atom is -0.338 e. The van der Waals surface area contributed by atoms with E-state index in [1.54, 1.807) is 37.3 Å². The highest BCUT2D eigenvalue weighted by molar-refractivity contribution is 5.93. The third-order valence-electron chi connectivity index (χ3n) is 6.17. The molecule has 150 valence electrons. The fourth-order valence-electron chi connectivity index (χ4n) is 4.55. The van der Waals surface area contributed by atoms with Gasteiger partial charge in [-0.3, -0.25) is 14.2 Å². The van der Waals surface area contributed by atoms with Crippen molar-refractivity contribution in [2.75, 3.05) is 13.1 Å². The van der Waals surface area contributed by atoms with Crippen LogP contribution in [-0.4, -0.2) is 42.8 Å². The first kappa shape index (κ1) is 18.7. The van der Waals surface area contributed by atoms with Gasteiger partial charge in [-0.05, 0) is 37.8 Å². The van der Waals surface area contributed by atoms with Gasteiger partial charge in [-0.1, -0.05) is 12.8 Å². The Labute approximate surface area is 163 Å². The third kappa shape index (κ3) is 3.21. The Morgan fingerprint density at radius 2 is 1.75 bits per heavy atom. The molecule has 28 heavy (non-hydrogen) atoms. The first-order valence-corrected chi connectivity index (χ1v) is 10.1. The summed E-state index contributed by atoms with van der Waals surface area (Å²) in [6.07, 6.45) is 7.54. The molecule has 4 rings (SSSR count). The Balaban J connectivity index is 1.51. The maximum atomic E-state index is 12.8. The topological polar surface area (TPSA) is 82.1 Å². The number of carbonyl (C=O) groups is 1. The average molecular weight is 385 g/mol. The van der Waals surface area contributed by atoms with E-state index in [4.69, 9.17) is 0 Å². The number of nitrogens with zero attached hydrogens (tertiary/aromatic N) is 5. The molecule has 1 amide bonds. The van der Waals surface area contributed by atoms with E-state index in [2.05, 4.69) is 5.10 Å². The number of pyridine rings is 1. The minimum absolute atomic E-state index is 0.0341. The van der Waals surface area contributed by atoms with Crippen molar-refractivity contribution in [1.29, 1.82) is 0 Å². The fraction of sp³-hybridized carbons (Fsp3) is 0.600. The van der Waals surface area contributed by atoms with E-state index in [0.29, 0.717) is 13.1 Å². The van der Waals surface area contributed by atoms with Gasteiger partial charge in [-0.2, -0.15) is 5.10 Å². The summed E-state index contributed by atoms with van der Waals surface area (Å²) in [5, 5.41) is 4.54. The second kappa shape index (κ2) is 7.41. The van der Waals surface area contributed by atoms with Gasteiger partial charge >= 0.3 is 5.69 Å². The molecule has 2 aromatic rings. The fourth-order valence-corrected chi connectivity index (χ4v) is 4.55. The summed E-state index contributed by atoms with van der Waals surface area (Å²) in [5.41, 5.74) is -0.0910. The van der Waals surface area contributed by atoms with E-state index in [-0.39, 0.29) is 34.7 Å². The molecule has 2 fully saturated rings. The third-order valence-corrected chi connectivity index (χ3v) is 6.17. The highest BCUT2D eigenvalue weighted by atomic mass is 16.2. The molecule has 3 heterocycles. The quantitative estimate of drug-likeness (QED) is 0.800. The standard InChI is InChI=1S/C20H27N5O3/c1-22-11-5-8-16(18(22)26)19(27)24-12-9-14(10-13-24)17-21-23(2)20(28)25(17)15-6-3-4-7-15/h5,8,11,14-15H,3-4,6-7,9-10,12-13H2,1-2H3. The van der Waals surface area contributed by atoms with Gasteiger partial charge < -0.3 is 9.47 Å². The smallest absolute Gasteiger partial charge is 0.338 e. The molecule has 0 spiro atoms. The molecule has 1 saturated carbocycles. The van der Waals surface area contributed by atoms with Crippen molar-refractivity contribution < 1.29 is 4.79 Å². The summed E-state index contributed by atoms with van der Waals surface area (Å²) in [6, 6.07) is 3.56. The molecule has 1 saturated heterocycles. The van der Waals surface area contributed by atoms with E-state index in [9.17, 15) is 14.4 Å². The summed E-state index contributed by atoms with van der Waals surface area (Å²) < 4.78 is 4.77. The molecule has 2 aromatic heterocycles. The highest BCUT2D eigenvalue weighted by Crippen LogP contribution is 2.33. The van der Waals surface area contributed by atoms with E-state index in [1.165, 1.54) is 9.25 Å². The SMILES string of the molecule is Cn1cccc(C(=O)N2CCC(c3nn(C)c(=O)n3C3CCCC3)CC2)c1=O. The first-order valence-electron chi connectivity index (χ1n) is 10.1. The van der Waals surface area contributed by atoms with E-state index in [0.717, 1.165) is 44.3 Å². The predicted octanol–water partition coefficient (Wildman–Crippen LogP) is 1.42. The number of hydrogen-bond donors (Lipinski definition) is 0. The highest BCUT2D eigenvalue weighted by Gasteiger charge is 2.32. The van der Waals surface area contributed by atoms with Crippen LogP contribution in [0.2, 0.25) is 0 Å². The monoisotopic (exact) mass is 385 g/mol. The van der Waals surface area contributed by atoms with Crippen LogP contribution >= 0.6 is 0 Å². The zero-order valence-electron chi connectivity index (χ0n) is 16.5. The molecule has 0 atom stereocenters. The first-order chi connectivity index (χ1) is 13.5. The van der Waals surface area contributed by atoms with Crippen LogP contribution in [0.25, 0.3) is 0 Å². The second-order valence-electron chi connectivity index (χ2n) is 7.98. The molecule has 0 N–H and O–H groups in total. The summed E-state index contributed by atoms with van der Waals surface area (Å²) in [4.78, 5) is 39.4. The van der Waals surface area contributed by atoms with E-state index < -0.39 is 0 Å². The maximum absolute atomic E-state index is 12.8. The Kier molecular flexibility index (Phi) is 4.95. The molecule has 0 unspecified atom stereocenters. The van der Waals surface area contributed by atoms with Gasteiger partial charge in [-0.25, -0.2) is 9.48 Å². The predicted molar refractivity (Wildman–Crippen MR) is 105 cm³/mol. The number of amides is 1. The molecular formula is C20H27N5O3. The Hall–Kier alpha value is -2.64. The number of carbonyl (C=O) groups excluding carboxylic acids is 1. The van der Waals surface area contributed by atoms with Gasteiger partial charge in [0, 0.05) is 45.3 Å². The van der Waals surface area contributed by atoms with Gasteiger partial charge in [0.15, 0.2) is 0 Å². The molecule has 0 radical (unpaired) electrons. The van der Waals surface area contributed by atoms with Crippen molar-refractivity contribution >= 4 is 5.91 Å². The Morgan fingerprint density at radius 3 is 2.43 bits per heavy atom. The molecule has 0 bridgehead atoms. The number of hydrogen-bond acceptors (Lipinski definition) is 4. The number of piperidine rings is 1. The van der Waals surface area contributed by atoms with Crippen molar-refractivity contribution in [3.8, 4) is 0 Å². The van der Waals surface area contributed by atoms with Crippen LogP contribution in [0.15, 0.2) is 27.9 Å². The lowest BCUT2D eigenvalue weighted by atomic mass is 9.95. The summed E-state index contributed by atoms with van der Waals surface area (Å²) in [6.45, 7) is 1.13. The number of likely N-dealkylation sites (tertiary alicyclic amines) is 1. The molecule has 1 aliphatic carbocycles. The summed E-state index contributed by atoms with van der Waals surface area (Å²) >= 11 is 0. The van der Waals surface area contributed by atoms with Crippen LogP contribution in [0.5, 0.6) is 0 Å². The van der Waals surface area contributed by atoms with Crippen LogP contribution < -0.4 is 11.2 Å². The lowest BCUT2D eigenvalue weighted by Crippen LogP contribution is -2.41. The van der Waals surface area contributed by atoms with Crippen molar-refractivity contribution in [3.63, 3.8) is 0 Å². The largest absolute Gasteiger partial charge is 0.345 e. The van der Waals surface area contributed by atoms with Crippen molar-refractivity contribution in [1.82, 2.24) is 23.8 Å². The number of aryl methyl sites for hydroxylation is 2. The van der Waals surface area contributed by atoms with Crippen LogP contribution in [0.3, 0.4) is 0 Å². The van der Waals surface area contributed by atoms with E-state index >= 15 is 0 Å². The molecular weight excluding hydrogens is 358 g/mol. The Bertz CT molecular complexity index is 988. The van der Waals surface area contributed by atoms with E-state index in [1.807, 2.05) is 4.57 Å². The number of aromatic nitrogens is 4. The van der Waals surface area contributed by atoms with Gasteiger partial charge in [0.2, 0.25) is 0 Å². The normalized spacial score (nSPS) is 18.7. The molecule has 1 aliphatic heterocycles. The van der Waals surface area contributed by atoms with Crippen LogP contribution in [0.4, 0.5) is 0 Å². The van der Waals surface area contributed by atoms with Gasteiger partial charge in [0.1, 0.15) is 11.4 Å². The number of rotatable bonds is 3. The van der Waals surface area contributed by atoms with Gasteiger partial charge in [0.05, 0.1) is 0 Å². The zero-order valence-corrected chi connectivity index (χ0v) is 16.5. The maximum Gasteiger partial charge on any atom is 0.345 e. The zero-order chi connectivity index (χ0) is 19.8. The molecule has 8 nitrogen and oxygen atoms in total. The van der Waals surface area contributed by atoms with Crippen LogP contribution in [0.1, 0.15) is 66.7 Å².